The zero-order chi connectivity index (χ0) is 6.97. The van der Waals surface area contributed by atoms with Gasteiger partial charge in [-0.1, -0.05) is 0 Å². The number of aliphatic imine (C=N–C) groups is 4. The Morgan fingerprint density at radius 2 is 2.40 bits per heavy atom. The predicted octanol–water partition coefficient (Wildman–Crippen LogP) is -0.806. The van der Waals surface area contributed by atoms with Crippen LogP contribution in [-0.4, -0.2) is 30.4 Å². The summed E-state index contributed by atoms with van der Waals surface area (Å²) >= 11 is 0. The SMILES string of the molecule is NC1N=CC2=NC=NC2=N1. The van der Waals surface area contributed by atoms with Gasteiger partial charge in [-0.25, -0.2) is 20.0 Å². The van der Waals surface area contributed by atoms with Gasteiger partial charge in [0, 0.05) is 0 Å². The van der Waals surface area contributed by atoms with Crippen molar-refractivity contribution in [3.8, 4) is 0 Å². The maximum atomic E-state index is 5.38. The van der Waals surface area contributed by atoms with Crippen molar-refractivity contribution in [3.05, 3.63) is 0 Å². The van der Waals surface area contributed by atoms with Crippen molar-refractivity contribution < 1.29 is 0 Å². The first-order valence-electron chi connectivity index (χ1n) is 2.83. The van der Waals surface area contributed by atoms with Crippen LogP contribution in [-0.2, 0) is 0 Å². The molecule has 0 aromatic rings. The predicted molar refractivity (Wildman–Crippen MR) is 39.8 cm³/mol. The van der Waals surface area contributed by atoms with E-state index in [1.165, 1.54) is 6.34 Å². The summed E-state index contributed by atoms with van der Waals surface area (Å²) in [6.45, 7) is 0. The Morgan fingerprint density at radius 1 is 1.50 bits per heavy atom. The van der Waals surface area contributed by atoms with E-state index in [0.29, 0.717) is 11.5 Å². The molecule has 5 heteroatoms. The minimum absolute atomic E-state index is 0.496. The third-order valence-corrected chi connectivity index (χ3v) is 1.21. The molecule has 0 aliphatic carbocycles. The Hall–Kier alpha value is -1.36. The van der Waals surface area contributed by atoms with Gasteiger partial charge in [0.1, 0.15) is 12.1 Å². The Kier molecular flexibility index (Phi) is 0.983. The molecule has 0 aromatic carbocycles. The van der Waals surface area contributed by atoms with Gasteiger partial charge in [0.2, 0.25) is 0 Å². The highest BCUT2D eigenvalue weighted by molar-refractivity contribution is 6.65. The largest absolute Gasteiger partial charge is 0.291 e. The summed E-state index contributed by atoms with van der Waals surface area (Å²) in [5.41, 5.74) is 6.07. The molecule has 0 aromatic heterocycles. The molecule has 2 aliphatic heterocycles. The van der Waals surface area contributed by atoms with Crippen LogP contribution in [0.15, 0.2) is 20.0 Å². The molecule has 2 rings (SSSR count). The van der Waals surface area contributed by atoms with Gasteiger partial charge >= 0.3 is 0 Å². The molecule has 0 amide bonds. The van der Waals surface area contributed by atoms with E-state index in [1.54, 1.807) is 6.21 Å². The van der Waals surface area contributed by atoms with Crippen LogP contribution >= 0.6 is 0 Å². The molecule has 0 spiro atoms. The van der Waals surface area contributed by atoms with E-state index < -0.39 is 6.29 Å². The van der Waals surface area contributed by atoms with Crippen molar-refractivity contribution in [2.24, 2.45) is 25.7 Å². The van der Waals surface area contributed by atoms with Crippen LogP contribution < -0.4 is 5.73 Å². The molecule has 1 atom stereocenters. The normalized spacial score (nSPS) is 27.9. The first kappa shape index (κ1) is 5.43. The first-order valence-corrected chi connectivity index (χ1v) is 2.83. The molecule has 50 valence electrons. The van der Waals surface area contributed by atoms with Gasteiger partial charge in [0.15, 0.2) is 12.1 Å². The molecule has 2 N–H and O–H groups in total. The van der Waals surface area contributed by atoms with Crippen LogP contribution in [0.2, 0.25) is 0 Å². The number of rotatable bonds is 0. The van der Waals surface area contributed by atoms with Crippen molar-refractivity contribution >= 4 is 24.1 Å². The fourth-order valence-corrected chi connectivity index (χ4v) is 0.766. The highest BCUT2D eigenvalue weighted by atomic mass is 15.2. The van der Waals surface area contributed by atoms with E-state index in [0.717, 1.165) is 0 Å². The molecule has 10 heavy (non-hydrogen) atoms. The fraction of sp³-hybridized carbons (Fsp3) is 0.200. The van der Waals surface area contributed by atoms with Crippen molar-refractivity contribution in [2.75, 3.05) is 0 Å². The summed E-state index contributed by atoms with van der Waals surface area (Å²) < 4.78 is 0. The minimum atomic E-state index is -0.496. The number of nitrogens with two attached hydrogens (primary N) is 1. The van der Waals surface area contributed by atoms with E-state index in [2.05, 4.69) is 20.0 Å². The van der Waals surface area contributed by atoms with Gasteiger partial charge in [-0.3, -0.25) is 5.73 Å². The van der Waals surface area contributed by atoms with Gasteiger partial charge < -0.3 is 0 Å². The zero-order valence-corrected chi connectivity index (χ0v) is 5.10. The van der Waals surface area contributed by atoms with Crippen LogP contribution in [0.1, 0.15) is 0 Å². The Balaban J connectivity index is 2.41. The van der Waals surface area contributed by atoms with Crippen molar-refractivity contribution in [1.29, 1.82) is 0 Å². The lowest BCUT2D eigenvalue weighted by Gasteiger charge is -2.05. The molecule has 5 nitrogen and oxygen atoms in total. The molecule has 0 bridgehead atoms. The van der Waals surface area contributed by atoms with Crippen LogP contribution in [0.25, 0.3) is 0 Å². The van der Waals surface area contributed by atoms with E-state index in [4.69, 9.17) is 5.73 Å². The summed E-state index contributed by atoms with van der Waals surface area (Å²) in [5.74, 6) is 0.586. The quantitative estimate of drug-likeness (QED) is 0.463. The van der Waals surface area contributed by atoms with Crippen molar-refractivity contribution in [2.45, 2.75) is 6.29 Å². The topological polar surface area (TPSA) is 75.5 Å². The van der Waals surface area contributed by atoms with E-state index >= 15 is 0 Å². The molecule has 2 aliphatic rings. The fourth-order valence-electron chi connectivity index (χ4n) is 0.766. The highest BCUT2D eigenvalue weighted by Crippen LogP contribution is 2.00. The summed E-state index contributed by atoms with van der Waals surface area (Å²) in [4.78, 5) is 15.5. The number of hydrogen-bond donors (Lipinski definition) is 1. The lowest BCUT2D eigenvalue weighted by atomic mass is 10.3. The van der Waals surface area contributed by atoms with Crippen LogP contribution in [0.4, 0.5) is 0 Å². The van der Waals surface area contributed by atoms with Gasteiger partial charge in [-0.2, -0.15) is 0 Å². The lowest BCUT2D eigenvalue weighted by molar-refractivity contribution is 0.757. The second-order valence-corrected chi connectivity index (χ2v) is 1.90. The van der Waals surface area contributed by atoms with Crippen LogP contribution in [0.5, 0.6) is 0 Å². The van der Waals surface area contributed by atoms with Gasteiger partial charge in [-0.15, -0.1) is 0 Å². The number of amidine groups is 1. The maximum absolute atomic E-state index is 5.38. The van der Waals surface area contributed by atoms with Crippen molar-refractivity contribution in [1.82, 2.24) is 0 Å². The smallest absolute Gasteiger partial charge is 0.193 e. The Labute approximate surface area is 57.1 Å². The van der Waals surface area contributed by atoms with E-state index in [-0.39, 0.29) is 0 Å². The van der Waals surface area contributed by atoms with Crippen LogP contribution in [0, 0.1) is 0 Å². The van der Waals surface area contributed by atoms with Crippen molar-refractivity contribution in [3.63, 3.8) is 0 Å². The standard InChI is InChI=1S/C5H5N5/c6-5-7-1-3-4(10-5)9-2-8-3/h1-2,5H,6H2. The summed E-state index contributed by atoms with van der Waals surface area (Å²) in [7, 11) is 0. The maximum Gasteiger partial charge on any atom is 0.193 e. The van der Waals surface area contributed by atoms with Gasteiger partial charge in [-0.05, 0) is 0 Å². The second-order valence-electron chi connectivity index (χ2n) is 1.90. The Bertz CT molecular complexity index is 272. The van der Waals surface area contributed by atoms with Gasteiger partial charge in [0.05, 0.1) is 6.21 Å². The third-order valence-electron chi connectivity index (χ3n) is 1.21. The molecule has 0 fully saturated rings. The van der Waals surface area contributed by atoms with Crippen LogP contribution in [0.3, 0.4) is 0 Å². The average molecular weight is 135 g/mol. The molecule has 1 unspecified atom stereocenters. The first-order chi connectivity index (χ1) is 4.86. The molecule has 2 heterocycles. The minimum Gasteiger partial charge on any atom is -0.291 e. The molecular weight excluding hydrogens is 130 g/mol. The molecule has 0 saturated carbocycles. The van der Waals surface area contributed by atoms with E-state index in [9.17, 15) is 0 Å². The third kappa shape index (κ3) is 0.679. The number of hydrogen-bond acceptors (Lipinski definition) is 5. The summed E-state index contributed by atoms with van der Waals surface area (Å²) in [6, 6.07) is 0. The van der Waals surface area contributed by atoms with Gasteiger partial charge in [0.25, 0.3) is 0 Å². The monoisotopic (exact) mass is 135 g/mol. The number of fused-ring (bicyclic) bond motifs is 1. The Morgan fingerprint density at radius 3 is 3.30 bits per heavy atom. The molecule has 0 radical (unpaired) electrons. The number of nitrogens with zero attached hydrogens (tertiary/aromatic N) is 4. The lowest BCUT2D eigenvalue weighted by Crippen LogP contribution is -2.25. The summed E-state index contributed by atoms with van der Waals surface area (Å²) in [6.07, 6.45) is 2.53. The highest BCUT2D eigenvalue weighted by Gasteiger charge is 2.14. The summed E-state index contributed by atoms with van der Waals surface area (Å²) in [5, 5.41) is 0. The molecular formula is C5H5N5. The van der Waals surface area contributed by atoms with E-state index in [1.807, 2.05) is 0 Å². The average Bonchev–Trinajstić information content (AvgIpc) is 2.33. The zero-order valence-electron chi connectivity index (χ0n) is 5.10. The second kappa shape index (κ2) is 1.81. The molecule has 0 saturated heterocycles.